The molecule has 1 saturated carbocycles. The number of amides is 1. The predicted molar refractivity (Wildman–Crippen MR) is 257 cm³/mol. The summed E-state index contributed by atoms with van der Waals surface area (Å²) < 4.78 is 49.6. The molecule has 2 aliphatic heterocycles. The summed E-state index contributed by atoms with van der Waals surface area (Å²) >= 11 is 12.2. The van der Waals surface area contributed by atoms with E-state index in [1.807, 2.05) is 54.6 Å². The van der Waals surface area contributed by atoms with Crippen molar-refractivity contribution in [2.75, 3.05) is 11.9 Å². The number of carboxylic acids is 1. The van der Waals surface area contributed by atoms with E-state index in [0.29, 0.717) is 62.0 Å². The summed E-state index contributed by atoms with van der Waals surface area (Å²) in [5, 5.41) is 26.6. The molecule has 13 nitrogen and oxygen atoms in total. The lowest BCUT2D eigenvalue weighted by atomic mass is 9.93. The van der Waals surface area contributed by atoms with Crippen molar-refractivity contribution >= 4 is 50.9 Å². The second-order valence-corrected chi connectivity index (χ2v) is 19.9. The van der Waals surface area contributed by atoms with Gasteiger partial charge >= 0.3 is 5.97 Å². The van der Waals surface area contributed by atoms with Crippen LogP contribution in [0, 0.1) is 18.3 Å². The number of pyridine rings is 1. The third-order valence-electron chi connectivity index (χ3n) is 12.6. The average molecular weight is 973 g/mol. The summed E-state index contributed by atoms with van der Waals surface area (Å²) in [5.74, 6) is 0.0347. The van der Waals surface area contributed by atoms with Gasteiger partial charge in [0.1, 0.15) is 41.8 Å². The highest BCUT2D eigenvalue weighted by molar-refractivity contribution is 7.89. The highest BCUT2D eigenvalue weighted by Gasteiger charge is 2.42. The van der Waals surface area contributed by atoms with E-state index < -0.39 is 40.1 Å². The van der Waals surface area contributed by atoms with Gasteiger partial charge in [0, 0.05) is 19.0 Å². The van der Waals surface area contributed by atoms with Gasteiger partial charge in [0.25, 0.3) is 0 Å². The molecule has 1 amide bonds. The van der Waals surface area contributed by atoms with Gasteiger partial charge in [0.15, 0.2) is 17.6 Å². The van der Waals surface area contributed by atoms with E-state index in [2.05, 4.69) is 21.7 Å². The fourth-order valence-electron chi connectivity index (χ4n) is 8.92. The van der Waals surface area contributed by atoms with Crippen molar-refractivity contribution in [3.05, 3.63) is 164 Å². The minimum atomic E-state index is -4.41. The number of carbonyl (C=O) groups excluding carboxylic acids is 1. The summed E-state index contributed by atoms with van der Waals surface area (Å²) in [5.41, 5.74) is 6.17. The molecule has 3 aliphatic rings. The summed E-state index contributed by atoms with van der Waals surface area (Å²) in [4.78, 5) is 31.8. The standard InChI is InChI=1S/C52H47Cl2N5O8S/c1-31-49(20-21-50(56-31)57-40-4-2-3-5-40)68(63,64)59-28-39-26-47-46(66-30-48(67-47)37-15-17-41(18-16-37)65-29-34-10-19-42(53)43(54)22-34)25-38(39)24-45(59)51(60)58-44(52(61)62)23-32-6-11-35(12-7-32)36-13-8-33(27-55)9-14-36/h6-22,25-26,40,44-45,48H,2-5,23-24,28-30H2,1H3,(H,56,57)(H,58,60)(H,61,62)/t44-,45?,48+/m0/s1. The number of anilines is 1. The van der Waals surface area contributed by atoms with E-state index in [4.69, 9.17) is 42.7 Å². The number of aryl methyl sites for hydroxylation is 1. The van der Waals surface area contributed by atoms with E-state index in [0.717, 1.165) is 52.2 Å². The van der Waals surface area contributed by atoms with E-state index in [1.165, 1.54) is 6.07 Å². The van der Waals surface area contributed by atoms with Gasteiger partial charge in [-0.1, -0.05) is 90.6 Å². The van der Waals surface area contributed by atoms with E-state index in [1.54, 1.807) is 61.5 Å². The summed E-state index contributed by atoms with van der Waals surface area (Å²) in [7, 11) is -4.41. The fourth-order valence-corrected chi connectivity index (χ4v) is 11.0. The Labute approximate surface area is 404 Å². The molecule has 3 N–H and O–H groups in total. The first-order chi connectivity index (χ1) is 32.8. The van der Waals surface area contributed by atoms with Gasteiger partial charge in [-0.25, -0.2) is 18.2 Å². The van der Waals surface area contributed by atoms with Crippen LogP contribution in [0.5, 0.6) is 17.2 Å². The van der Waals surface area contributed by atoms with Crippen molar-refractivity contribution in [1.29, 1.82) is 5.26 Å². The molecule has 1 aliphatic carbocycles. The van der Waals surface area contributed by atoms with Crippen molar-refractivity contribution in [2.24, 2.45) is 0 Å². The maximum Gasteiger partial charge on any atom is 0.326 e. The van der Waals surface area contributed by atoms with Crippen LogP contribution in [-0.2, 0) is 45.6 Å². The van der Waals surface area contributed by atoms with Crippen molar-refractivity contribution in [3.8, 4) is 34.4 Å². The first-order valence-electron chi connectivity index (χ1n) is 22.3. The number of rotatable bonds is 14. The smallest absolute Gasteiger partial charge is 0.326 e. The first kappa shape index (κ1) is 46.5. The van der Waals surface area contributed by atoms with Gasteiger partial charge in [-0.05, 0) is 126 Å². The highest BCUT2D eigenvalue weighted by atomic mass is 35.5. The van der Waals surface area contributed by atoms with Gasteiger partial charge in [0.2, 0.25) is 15.9 Å². The number of ether oxygens (including phenoxy) is 3. The Morgan fingerprint density at radius 3 is 2.25 bits per heavy atom. The number of nitriles is 1. The molecule has 3 heterocycles. The zero-order valence-corrected chi connectivity index (χ0v) is 39.3. The third-order valence-corrected chi connectivity index (χ3v) is 15.4. The van der Waals surface area contributed by atoms with Gasteiger partial charge in [-0.15, -0.1) is 0 Å². The molecule has 0 saturated heterocycles. The molecule has 16 heteroatoms. The monoisotopic (exact) mass is 971 g/mol. The number of carboxylic acid groups (broad SMARTS) is 1. The van der Waals surface area contributed by atoms with Gasteiger partial charge in [0.05, 0.1) is 27.4 Å². The number of nitrogens with one attached hydrogen (secondary N) is 2. The highest BCUT2D eigenvalue weighted by Crippen LogP contribution is 2.42. The van der Waals surface area contributed by atoms with Crippen LogP contribution >= 0.6 is 23.2 Å². The van der Waals surface area contributed by atoms with Crippen LogP contribution in [-0.4, -0.2) is 59.4 Å². The normalized spacial score (nSPS) is 17.4. The van der Waals surface area contributed by atoms with Gasteiger partial charge in [-0.2, -0.15) is 9.57 Å². The maximum absolute atomic E-state index is 14.9. The van der Waals surface area contributed by atoms with Crippen molar-refractivity contribution in [2.45, 2.75) is 87.7 Å². The Hall–Kier alpha value is -6.63. The molecule has 68 heavy (non-hydrogen) atoms. The van der Waals surface area contributed by atoms with Crippen LogP contribution < -0.4 is 24.8 Å². The largest absolute Gasteiger partial charge is 0.489 e. The number of fused-ring (bicyclic) bond motifs is 2. The SMILES string of the molecule is Cc1nc(NC2CCCC2)ccc1S(=O)(=O)N1Cc2cc3c(cc2CC1C(=O)N[C@@H](Cc1ccc(-c2ccc(C#N)cc2)cc1)C(=O)O)OC[C@H](c1ccc(OCc2ccc(Cl)c(Cl)c2)cc1)O3. The number of carbonyl (C=O) groups is 2. The Balaban J connectivity index is 0.954. The number of aliphatic carboxylic acids is 1. The average Bonchev–Trinajstić information content (AvgIpc) is 3.86. The molecule has 1 aromatic heterocycles. The molecule has 0 bridgehead atoms. The van der Waals surface area contributed by atoms with Crippen LogP contribution in [0.1, 0.15) is 70.9 Å². The Bertz CT molecular complexity index is 3010. The molecule has 0 spiro atoms. The number of sulfonamides is 1. The van der Waals surface area contributed by atoms with Crippen LogP contribution in [0.15, 0.2) is 120 Å². The fraction of sp³-hybridized carbons (Fsp3) is 0.269. The van der Waals surface area contributed by atoms with Crippen molar-refractivity contribution in [1.82, 2.24) is 14.6 Å². The number of benzene rings is 5. The molecular formula is C52H47Cl2N5O8S. The quantitative estimate of drug-likeness (QED) is 0.0946. The molecule has 1 unspecified atom stereocenters. The van der Waals surface area contributed by atoms with Crippen LogP contribution in [0.4, 0.5) is 5.82 Å². The molecule has 3 atom stereocenters. The lowest BCUT2D eigenvalue weighted by molar-refractivity contribution is -0.142. The van der Waals surface area contributed by atoms with Gasteiger partial charge in [-0.3, -0.25) is 4.79 Å². The number of hydrogen-bond donors (Lipinski definition) is 3. The van der Waals surface area contributed by atoms with E-state index in [9.17, 15) is 23.1 Å². The molecular weight excluding hydrogens is 926 g/mol. The minimum absolute atomic E-state index is 0.0579. The van der Waals surface area contributed by atoms with Gasteiger partial charge < -0.3 is 30.0 Å². The molecule has 5 aromatic carbocycles. The summed E-state index contributed by atoms with van der Waals surface area (Å²) in [6.45, 7) is 1.90. The molecule has 348 valence electrons. The molecule has 1 fully saturated rings. The van der Waals surface area contributed by atoms with E-state index >= 15 is 0 Å². The maximum atomic E-state index is 14.9. The number of hydrogen-bond acceptors (Lipinski definition) is 10. The lowest BCUT2D eigenvalue weighted by Gasteiger charge is -2.37. The second-order valence-electron chi connectivity index (χ2n) is 17.3. The zero-order valence-electron chi connectivity index (χ0n) is 37.0. The summed E-state index contributed by atoms with van der Waals surface area (Å²) in [6.07, 6.45) is 3.64. The lowest BCUT2D eigenvalue weighted by Crippen LogP contribution is -2.55. The van der Waals surface area contributed by atoms with Crippen LogP contribution in [0.25, 0.3) is 11.1 Å². The van der Waals surface area contributed by atoms with Crippen molar-refractivity contribution in [3.63, 3.8) is 0 Å². The van der Waals surface area contributed by atoms with E-state index in [-0.39, 0.29) is 42.6 Å². The van der Waals surface area contributed by atoms with Crippen LogP contribution in [0.2, 0.25) is 10.0 Å². The second kappa shape index (κ2) is 19.9. The molecule has 9 rings (SSSR count). The molecule has 6 aromatic rings. The van der Waals surface area contributed by atoms with Crippen LogP contribution in [0.3, 0.4) is 0 Å². The Morgan fingerprint density at radius 1 is 0.882 bits per heavy atom. The number of halogens is 2. The number of aromatic nitrogens is 1. The first-order valence-corrected chi connectivity index (χ1v) is 24.5. The Morgan fingerprint density at radius 2 is 1.57 bits per heavy atom. The van der Waals surface area contributed by atoms with Crippen molar-refractivity contribution < 1.29 is 37.3 Å². The minimum Gasteiger partial charge on any atom is -0.489 e. The third kappa shape index (κ3) is 10.3. The number of nitrogens with zero attached hydrogens (tertiary/aromatic N) is 3. The zero-order chi connectivity index (χ0) is 47.5. The summed E-state index contributed by atoms with van der Waals surface area (Å²) in [6, 6.07) is 33.5. The predicted octanol–water partition coefficient (Wildman–Crippen LogP) is 9.61. The topological polar surface area (TPSA) is 180 Å². The Kier molecular flexibility index (Phi) is 13.6. The molecule has 0 radical (unpaired) electrons.